The van der Waals surface area contributed by atoms with E-state index in [0.29, 0.717) is 29.8 Å². The molecule has 0 bridgehead atoms. The van der Waals surface area contributed by atoms with Gasteiger partial charge < -0.3 is 4.74 Å². The second-order valence-electron chi connectivity index (χ2n) is 5.39. The molecular formula is C17H17N5O2S. The molecule has 0 aliphatic heterocycles. The first-order valence-electron chi connectivity index (χ1n) is 7.58. The van der Waals surface area contributed by atoms with Crippen LogP contribution in [0.4, 0.5) is 0 Å². The molecule has 0 amide bonds. The van der Waals surface area contributed by atoms with Crippen LogP contribution < -0.4 is 10.3 Å². The number of aryl methyl sites for hydroxylation is 1. The average Bonchev–Trinajstić information content (AvgIpc) is 2.62. The number of ether oxygens (including phenoxy) is 1. The molecule has 0 N–H and O–H groups in total. The van der Waals surface area contributed by atoms with Gasteiger partial charge in [0.25, 0.3) is 5.56 Å². The molecule has 0 saturated heterocycles. The zero-order valence-corrected chi connectivity index (χ0v) is 14.7. The molecule has 0 spiro atoms. The zero-order valence-electron chi connectivity index (χ0n) is 13.9. The highest BCUT2D eigenvalue weighted by Gasteiger charge is 2.07. The Labute approximate surface area is 149 Å². The van der Waals surface area contributed by atoms with Gasteiger partial charge in [0.15, 0.2) is 0 Å². The Morgan fingerprint density at radius 3 is 2.68 bits per heavy atom. The van der Waals surface area contributed by atoms with E-state index in [9.17, 15) is 4.79 Å². The van der Waals surface area contributed by atoms with Crippen molar-refractivity contribution in [1.29, 1.82) is 0 Å². The van der Waals surface area contributed by atoms with Crippen molar-refractivity contribution < 1.29 is 4.74 Å². The van der Waals surface area contributed by atoms with Crippen LogP contribution in [0.15, 0.2) is 47.8 Å². The summed E-state index contributed by atoms with van der Waals surface area (Å²) in [5.74, 6) is 0.493. The summed E-state index contributed by atoms with van der Waals surface area (Å²) in [7, 11) is 0. The third kappa shape index (κ3) is 4.42. The number of pyridine rings is 1. The van der Waals surface area contributed by atoms with Crippen LogP contribution >= 0.6 is 11.8 Å². The summed E-state index contributed by atoms with van der Waals surface area (Å²) in [4.78, 5) is 24.5. The molecule has 0 radical (unpaired) electrons. The number of thioether (sulfide) groups is 1. The smallest absolute Gasteiger partial charge is 0.317 e. The Balaban J connectivity index is 1.84. The maximum absolute atomic E-state index is 12.1. The number of hydrogen-bond donors (Lipinski definition) is 0. The molecule has 0 atom stereocenters. The third-order valence-electron chi connectivity index (χ3n) is 3.36. The standard InChI is InChI=1S/C17H17N5O2S/c1-12-5-13(7-18-6-12)10-22-16(23)4-3-15(21-22)14-8-19-17(20-9-14)24-11-25-2/h3-9H,10-11H2,1-2H3. The minimum atomic E-state index is -0.175. The summed E-state index contributed by atoms with van der Waals surface area (Å²) in [6, 6.07) is 5.45. The van der Waals surface area contributed by atoms with E-state index < -0.39 is 0 Å². The lowest BCUT2D eigenvalue weighted by Crippen LogP contribution is -2.23. The van der Waals surface area contributed by atoms with Crippen LogP contribution in [0.3, 0.4) is 0 Å². The number of rotatable bonds is 6. The van der Waals surface area contributed by atoms with Gasteiger partial charge in [0.05, 0.1) is 12.2 Å². The summed E-state index contributed by atoms with van der Waals surface area (Å²) >= 11 is 1.54. The van der Waals surface area contributed by atoms with Crippen molar-refractivity contribution in [3.05, 3.63) is 64.5 Å². The van der Waals surface area contributed by atoms with E-state index in [1.165, 1.54) is 10.7 Å². The fourth-order valence-corrected chi connectivity index (χ4v) is 2.45. The lowest BCUT2D eigenvalue weighted by Gasteiger charge is -2.08. The van der Waals surface area contributed by atoms with Crippen LogP contribution in [0.2, 0.25) is 0 Å². The largest absolute Gasteiger partial charge is 0.452 e. The predicted molar refractivity (Wildman–Crippen MR) is 96.6 cm³/mol. The molecule has 0 saturated carbocycles. The quantitative estimate of drug-likeness (QED) is 0.627. The second-order valence-corrected chi connectivity index (χ2v) is 6.20. The van der Waals surface area contributed by atoms with E-state index in [-0.39, 0.29) is 5.56 Å². The van der Waals surface area contributed by atoms with Gasteiger partial charge in [0, 0.05) is 36.4 Å². The molecule has 0 fully saturated rings. The highest BCUT2D eigenvalue weighted by molar-refractivity contribution is 7.98. The Morgan fingerprint density at radius 1 is 1.16 bits per heavy atom. The van der Waals surface area contributed by atoms with Crippen molar-refractivity contribution >= 4 is 11.8 Å². The molecule has 0 aromatic carbocycles. The fourth-order valence-electron chi connectivity index (χ4n) is 2.23. The van der Waals surface area contributed by atoms with Gasteiger partial charge in [-0.3, -0.25) is 9.78 Å². The van der Waals surface area contributed by atoms with Gasteiger partial charge in [-0.25, -0.2) is 14.6 Å². The van der Waals surface area contributed by atoms with Crippen molar-refractivity contribution in [3.63, 3.8) is 0 Å². The molecule has 25 heavy (non-hydrogen) atoms. The topological polar surface area (TPSA) is 82.8 Å². The maximum Gasteiger partial charge on any atom is 0.317 e. The molecule has 3 rings (SSSR count). The maximum atomic E-state index is 12.1. The van der Waals surface area contributed by atoms with Gasteiger partial charge in [0.1, 0.15) is 5.94 Å². The molecule has 7 nitrogen and oxygen atoms in total. The summed E-state index contributed by atoms with van der Waals surface area (Å²) in [5, 5.41) is 4.41. The average molecular weight is 355 g/mol. The van der Waals surface area contributed by atoms with Crippen molar-refractivity contribution in [2.24, 2.45) is 0 Å². The molecule has 3 aromatic rings. The number of hydrogen-bond acceptors (Lipinski definition) is 7. The minimum Gasteiger partial charge on any atom is -0.452 e. The summed E-state index contributed by atoms with van der Waals surface area (Å²) < 4.78 is 6.74. The summed E-state index contributed by atoms with van der Waals surface area (Å²) in [6.07, 6.45) is 8.70. The molecule has 3 aromatic heterocycles. The summed E-state index contributed by atoms with van der Waals surface area (Å²) in [5.41, 5.74) is 3.12. The normalized spacial score (nSPS) is 10.6. The van der Waals surface area contributed by atoms with E-state index >= 15 is 0 Å². The van der Waals surface area contributed by atoms with Gasteiger partial charge in [-0.15, -0.1) is 11.8 Å². The van der Waals surface area contributed by atoms with Crippen molar-refractivity contribution in [3.8, 4) is 17.3 Å². The first-order chi connectivity index (χ1) is 12.2. The van der Waals surface area contributed by atoms with Crippen LogP contribution in [0.1, 0.15) is 11.1 Å². The highest BCUT2D eigenvalue weighted by Crippen LogP contribution is 2.15. The predicted octanol–water partition coefficient (Wildman–Crippen LogP) is 2.15. The molecule has 8 heteroatoms. The molecular weight excluding hydrogens is 338 g/mol. The zero-order chi connectivity index (χ0) is 17.6. The van der Waals surface area contributed by atoms with Crippen LogP contribution in [0.25, 0.3) is 11.3 Å². The van der Waals surface area contributed by atoms with Crippen LogP contribution in [0, 0.1) is 6.92 Å². The second kappa shape index (κ2) is 7.89. The van der Waals surface area contributed by atoms with Crippen molar-refractivity contribution in [2.75, 3.05) is 12.2 Å². The van der Waals surface area contributed by atoms with Gasteiger partial charge in [-0.2, -0.15) is 5.10 Å². The SMILES string of the molecule is CSCOc1ncc(-c2ccc(=O)n(Cc3cncc(C)c3)n2)cn1. The fraction of sp³-hybridized carbons (Fsp3) is 0.235. The van der Waals surface area contributed by atoms with Gasteiger partial charge in [-0.05, 0) is 30.4 Å². The first-order valence-corrected chi connectivity index (χ1v) is 8.98. The minimum absolute atomic E-state index is 0.175. The van der Waals surface area contributed by atoms with Crippen LogP contribution in [-0.4, -0.2) is 36.9 Å². The Morgan fingerprint density at radius 2 is 1.96 bits per heavy atom. The highest BCUT2D eigenvalue weighted by atomic mass is 32.2. The van der Waals surface area contributed by atoms with Gasteiger partial charge >= 0.3 is 6.01 Å². The first kappa shape index (κ1) is 17.1. The Kier molecular flexibility index (Phi) is 5.39. The monoisotopic (exact) mass is 355 g/mol. The molecule has 0 aliphatic carbocycles. The summed E-state index contributed by atoms with van der Waals surface area (Å²) in [6.45, 7) is 2.32. The molecule has 0 aliphatic rings. The van der Waals surface area contributed by atoms with Crippen LogP contribution in [-0.2, 0) is 6.54 Å². The van der Waals surface area contributed by atoms with Crippen molar-refractivity contribution in [1.82, 2.24) is 24.7 Å². The van der Waals surface area contributed by atoms with Gasteiger partial charge in [-0.1, -0.05) is 6.07 Å². The lowest BCUT2D eigenvalue weighted by atomic mass is 10.2. The van der Waals surface area contributed by atoms with Crippen molar-refractivity contribution in [2.45, 2.75) is 13.5 Å². The van der Waals surface area contributed by atoms with E-state index in [1.807, 2.05) is 19.2 Å². The number of nitrogens with zero attached hydrogens (tertiary/aromatic N) is 5. The Hall–Kier alpha value is -2.74. The molecule has 128 valence electrons. The third-order valence-corrected chi connectivity index (χ3v) is 3.71. The molecule has 0 unspecified atom stereocenters. The Bertz CT molecular complexity index is 911. The van der Waals surface area contributed by atoms with E-state index in [4.69, 9.17) is 4.74 Å². The number of aromatic nitrogens is 5. The van der Waals surface area contributed by atoms with E-state index in [1.54, 1.807) is 42.6 Å². The van der Waals surface area contributed by atoms with E-state index in [2.05, 4.69) is 20.1 Å². The van der Waals surface area contributed by atoms with Crippen LogP contribution in [0.5, 0.6) is 6.01 Å². The lowest BCUT2D eigenvalue weighted by molar-refractivity contribution is 0.360. The van der Waals surface area contributed by atoms with E-state index in [0.717, 1.165) is 11.1 Å². The van der Waals surface area contributed by atoms with Gasteiger partial charge in [0.2, 0.25) is 0 Å². The molecule has 3 heterocycles.